The molecule has 0 aromatic heterocycles. The normalized spacial score (nSPS) is 19.2. The van der Waals surface area contributed by atoms with Gasteiger partial charge in [-0.3, -0.25) is 9.59 Å². The zero-order chi connectivity index (χ0) is 62.4. The van der Waals surface area contributed by atoms with E-state index in [0.717, 1.165) is 148 Å². The van der Waals surface area contributed by atoms with E-state index >= 15 is 0 Å². The Kier molecular flexibility index (Phi) is 56.7. The molecular weight excluding hydrogens is 1070 g/mol. The Morgan fingerprint density at radius 2 is 0.837 bits per heavy atom. The van der Waals surface area contributed by atoms with Crippen molar-refractivity contribution in [3.63, 3.8) is 0 Å². The average Bonchev–Trinajstić information content (AvgIpc) is 3.39. The van der Waals surface area contributed by atoms with Gasteiger partial charge in [0.15, 0.2) is 12.4 Å². The van der Waals surface area contributed by atoms with E-state index < -0.39 is 67.4 Å². The largest absolute Gasteiger partial charge is 0.454 e. The van der Waals surface area contributed by atoms with Crippen molar-refractivity contribution in [1.82, 2.24) is 5.32 Å². The maximum absolute atomic E-state index is 13.5. The summed E-state index contributed by atoms with van der Waals surface area (Å²) < 4.78 is 17.7. The highest BCUT2D eigenvalue weighted by molar-refractivity contribution is 5.80. The summed E-state index contributed by atoms with van der Waals surface area (Å²) in [6.45, 7) is 5.63. The SMILES string of the molecule is CC/C=C\C/C=C\C/C=C\C/C=C\C/C=C\C/C=C\CCCCCCCCC(=O)OC1C(OCC(NC(=O)C(O)CCCCCC/C=C\C/C=C\C/C=C\C/C=C\CCCCC)C(O)/C=C/CCCCCCCCCCCC)OC(CO)C(O)C1O. The Bertz CT molecular complexity index is 1910. The van der Waals surface area contributed by atoms with Crippen molar-refractivity contribution in [2.45, 2.75) is 314 Å². The fourth-order valence-corrected chi connectivity index (χ4v) is 9.87. The lowest BCUT2D eigenvalue weighted by Gasteiger charge is -2.41. The summed E-state index contributed by atoms with van der Waals surface area (Å²) in [7, 11) is 0. The van der Waals surface area contributed by atoms with E-state index in [2.05, 4.69) is 148 Å². The molecule has 1 fully saturated rings. The molecular formula is C75H125NO10. The van der Waals surface area contributed by atoms with Gasteiger partial charge in [-0.05, 0) is 122 Å². The minimum Gasteiger partial charge on any atom is -0.454 e. The number of hydrogen-bond donors (Lipinski definition) is 6. The van der Waals surface area contributed by atoms with E-state index in [1.807, 2.05) is 6.08 Å². The van der Waals surface area contributed by atoms with E-state index in [9.17, 15) is 35.1 Å². The van der Waals surface area contributed by atoms with Gasteiger partial charge in [-0.2, -0.15) is 0 Å². The molecule has 11 nitrogen and oxygen atoms in total. The zero-order valence-electron chi connectivity index (χ0n) is 54.4. The van der Waals surface area contributed by atoms with Crippen LogP contribution in [0.2, 0.25) is 0 Å². The molecule has 1 amide bonds. The van der Waals surface area contributed by atoms with Crippen LogP contribution in [0.1, 0.15) is 265 Å². The lowest BCUT2D eigenvalue weighted by atomic mass is 9.99. The molecule has 86 heavy (non-hydrogen) atoms. The van der Waals surface area contributed by atoms with Gasteiger partial charge >= 0.3 is 5.97 Å². The van der Waals surface area contributed by atoms with Gasteiger partial charge < -0.3 is 45.1 Å². The van der Waals surface area contributed by atoms with Crippen molar-refractivity contribution < 1.29 is 49.3 Å². The number of esters is 1. The molecule has 0 aromatic rings. The molecule has 1 heterocycles. The van der Waals surface area contributed by atoms with E-state index in [1.165, 1.54) is 70.6 Å². The molecule has 490 valence electrons. The minimum atomic E-state index is -1.63. The summed E-state index contributed by atoms with van der Waals surface area (Å²) >= 11 is 0. The maximum Gasteiger partial charge on any atom is 0.306 e. The number of amides is 1. The second-order valence-corrected chi connectivity index (χ2v) is 23.2. The Morgan fingerprint density at radius 3 is 1.28 bits per heavy atom. The number of carbonyl (C=O) groups is 2. The molecule has 8 unspecified atom stereocenters. The number of aliphatic hydroxyl groups excluding tert-OH is 5. The van der Waals surface area contributed by atoms with E-state index in [0.29, 0.717) is 12.8 Å². The van der Waals surface area contributed by atoms with Crippen LogP contribution in [0.3, 0.4) is 0 Å². The number of unbranched alkanes of at least 4 members (excludes halogenated alkanes) is 23. The predicted molar refractivity (Wildman–Crippen MR) is 361 cm³/mol. The van der Waals surface area contributed by atoms with Gasteiger partial charge in [-0.25, -0.2) is 0 Å². The first kappa shape index (κ1) is 79.8. The molecule has 1 saturated heterocycles. The molecule has 0 spiro atoms. The molecule has 6 N–H and O–H groups in total. The number of hydrogen-bond acceptors (Lipinski definition) is 10. The van der Waals surface area contributed by atoms with Crippen LogP contribution in [0, 0.1) is 0 Å². The molecule has 0 aliphatic carbocycles. The lowest BCUT2D eigenvalue weighted by Crippen LogP contribution is -2.61. The van der Waals surface area contributed by atoms with Crippen LogP contribution < -0.4 is 5.32 Å². The van der Waals surface area contributed by atoms with E-state index in [1.54, 1.807) is 6.08 Å². The predicted octanol–water partition coefficient (Wildman–Crippen LogP) is 17.6. The van der Waals surface area contributed by atoms with Crippen molar-refractivity contribution in [1.29, 1.82) is 0 Å². The zero-order valence-corrected chi connectivity index (χ0v) is 54.4. The second kappa shape index (κ2) is 61.1. The molecule has 0 saturated carbocycles. The van der Waals surface area contributed by atoms with Crippen LogP contribution in [0.25, 0.3) is 0 Å². The Labute approximate surface area is 524 Å². The van der Waals surface area contributed by atoms with Gasteiger partial charge in [0.05, 0.1) is 25.4 Å². The highest BCUT2D eigenvalue weighted by Gasteiger charge is 2.47. The molecule has 8 atom stereocenters. The van der Waals surface area contributed by atoms with E-state index in [4.69, 9.17) is 14.2 Å². The highest BCUT2D eigenvalue weighted by Crippen LogP contribution is 2.26. The van der Waals surface area contributed by atoms with Gasteiger partial charge in [0.25, 0.3) is 0 Å². The Balaban J connectivity index is 2.64. The Morgan fingerprint density at radius 1 is 0.465 bits per heavy atom. The van der Waals surface area contributed by atoms with Crippen molar-refractivity contribution in [2.24, 2.45) is 0 Å². The minimum absolute atomic E-state index is 0.0957. The molecule has 0 radical (unpaired) electrons. The monoisotopic (exact) mass is 1200 g/mol. The van der Waals surface area contributed by atoms with Gasteiger partial charge in [0, 0.05) is 6.42 Å². The number of ether oxygens (including phenoxy) is 3. The van der Waals surface area contributed by atoms with Crippen LogP contribution in [-0.4, -0.2) is 99.6 Å². The van der Waals surface area contributed by atoms with Gasteiger partial charge in [-0.15, -0.1) is 0 Å². The number of nitrogens with one attached hydrogen (secondary N) is 1. The summed E-state index contributed by atoms with van der Waals surface area (Å²) in [5, 5.41) is 57.2. The summed E-state index contributed by atoms with van der Waals surface area (Å²) in [6, 6.07) is -1.05. The van der Waals surface area contributed by atoms with Gasteiger partial charge in [0.1, 0.15) is 24.4 Å². The summed E-state index contributed by atoms with van der Waals surface area (Å²) in [5.41, 5.74) is 0. The highest BCUT2D eigenvalue weighted by atomic mass is 16.7. The first-order valence-electron chi connectivity index (χ1n) is 34.5. The van der Waals surface area contributed by atoms with Crippen molar-refractivity contribution >= 4 is 11.9 Å². The summed E-state index contributed by atoms with van der Waals surface area (Å²) in [6.07, 6.45) is 76.2. The Hall–Kier alpha value is -4.20. The lowest BCUT2D eigenvalue weighted by molar-refractivity contribution is -0.305. The fourth-order valence-electron chi connectivity index (χ4n) is 9.87. The maximum atomic E-state index is 13.5. The standard InChI is InChI=1S/C75H125NO10/c1-4-7-10-13-16-19-22-25-27-29-31-33-34-35-36-37-39-41-43-45-48-51-54-57-60-63-70(80)86-73-72(82)71(81)69(64-77)85-75(73)84-65-66(67(78)61-58-55-52-49-46-24-21-18-15-12-9-6-3)76-74(83)68(79)62-59-56-53-50-47-44-42-40-38-32-30-28-26-23-20-17-14-11-8-5-2/h7,10,16-17,19-20,25-28,31-33,35-36,38-39,41-42,44,58,61,66-69,71-73,75,77-79,81-82H,4-6,8-9,11-15,18,21-24,29-30,34,37,40,43,45-57,59-60,62-65H2,1-3H3,(H,76,83)/b10-7-,19-16-,20-17-,27-25-,28-26-,33-31-,36-35-,38-32-,41-39-,44-42-,61-58+. The average molecular weight is 1200 g/mol. The molecule has 0 aromatic carbocycles. The molecule has 1 aliphatic rings. The third-order valence-corrected chi connectivity index (χ3v) is 15.3. The van der Waals surface area contributed by atoms with Crippen molar-refractivity contribution in [2.75, 3.05) is 13.2 Å². The van der Waals surface area contributed by atoms with Crippen LogP contribution in [0.15, 0.2) is 134 Å². The third-order valence-electron chi connectivity index (χ3n) is 15.3. The number of carbonyl (C=O) groups excluding carboxylic acids is 2. The van der Waals surface area contributed by atoms with Gasteiger partial charge in [0.2, 0.25) is 5.91 Å². The van der Waals surface area contributed by atoms with Crippen LogP contribution in [0.4, 0.5) is 0 Å². The van der Waals surface area contributed by atoms with Crippen LogP contribution in [-0.2, 0) is 23.8 Å². The second-order valence-electron chi connectivity index (χ2n) is 23.2. The first-order valence-corrected chi connectivity index (χ1v) is 34.5. The van der Waals surface area contributed by atoms with E-state index in [-0.39, 0.29) is 19.4 Å². The van der Waals surface area contributed by atoms with Crippen molar-refractivity contribution in [3.05, 3.63) is 134 Å². The van der Waals surface area contributed by atoms with Crippen LogP contribution >= 0.6 is 0 Å². The topological polar surface area (TPSA) is 175 Å². The first-order chi connectivity index (χ1) is 42.2. The quantitative estimate of drug-likeness (QED) is 0.0195. The molecule has 1 rings (SSSR count). The molecule has 1 aliphatic heterocycles. The molecule has 0 bridgehead atoms. The van der Waals surface area contributed by atoms with Gasteiger partial charge in [-0.1, -0.05) is 270 Å². The smallest absolute Gasteiger partial charge is 0.306 e. The third kappa shape index (κ3) is 47.8. The number of rotatable bonds is 57. The number of allylic oxidation sites excluding steroid dienone is 21. The fraction of sp³-hybridized carbons (Fsp3) is 0.680. The summed E-state index contributed by atoms with van der Waals surface area (Å²) in [5.74, 6) is -1.24. The number of aliphatic hydroxyl groups is 5. The molecule has 11 heteroatoms. The summed E-state index contributed by atoms with van der Waals surface area (Å²) in [4.78, 5) is 26.7. The van der Waals surface area contributed by atoms with Crippen molar-refractivity contribution in [3.8, 4) is 0 Å². The van der Waals surface area contributed by atoms with Crippen LogP contribution in [0.5, 0.6) is 0 Å².